The maximum atomic E-state index is 14.4. The van der Waals surface area contributed by atoms with Crippen molar-refractivity contribution in [1.82, 2.24) is 9.36 Å². The molecule has 0 saturated heterocycles. The van der Waals surface area contributed by atoms with Crippen LogP contribution in [-0.4, -0.2) is 22.4 Å². The van der Waals surface area contributed by atoms with Crippen LogP contribution in [0.2, 0.25) is 0 Å². The highest BCUT2D eigenvalue weighted by atomic mass is 32.1. The zero-order valence-electron chi connectivity index (χ0n) is 16.7. The molecular formula is C22H20FN3O3S. The lowest BCUT2D eigenvalue weighted by Crippen LogP contribution is -2.23. The molecule has 0 aliphatic carbocycles. The monoisotopic (exact) mass is 425 g/mol. The van der Waals surface area contributed by atoms with Crippen LogP contribution in [0.3, 0.4) is 0 Å². The molecule has 0 atom stereocenters. The molecule has 4 aromatic rings. The van der Waals surface area contributed by atoms with Crippen molar-refractivity contribution in [2.75, 3.05) is 12.4 Å². The molecular weight excluding hydrogens is 405 g/mol. The molecule has 2 aromatic heterocycles. The molecule has 6 nitrogen and oxygen atoms in total. The summed E-state index contributed by atoms with van der Waals surface area (Å²) in [6.07, 6.45) is 0. The fraction of sp³-hybridized carbons (Fsp3) is 0.182. The molecule has 1 N–H and O–H groups in total. The highest BCUT2D eigenvalue weighted by molar-refractivity contribution is 7.21. The second-order valence-electron chi connectivity index (χ2n) is 6.85. The molecule has 154 valence electrons. The molecule has 8 heteroatoms. The largest absolute Gasteiger partial charge is 0.380 e. The van der Waals surface area contributed by atoms with E-state index in [0.29, 0.717) is 31.9 Å². The SMILES string of the molecule is COCc1c(C(=O)Nc2c(C)n(C)n(-c3ccccc3)c2=O)sc2cccc(F)c12. The van der Waals surface area contributed by atoms with Crippen molar-refractivity contribution in [3.8, 4) is 5.69 Å². The zero-order valence-corrected chi connectivity index (χ0v) is 17.5. The van der Waals surface area contributed by atoms with Crippen molar-refractivity contribution < 1.29 is 13.9 Å². The van der Waals surface area contributed by atoms with E-state index in [0.717, 1.165) is 0 Å². The second kappa shape index (κ2) is 7.89. The van der Waals surface area contributed by atoms with E-state index in [9.17, 15) is 14.0 Å². The number of nitrogens with zero attached hydrogens (tertiary/aromatic N) is 2. The van der Waals surface area contributed by atoms with Crippen LogP contribution < -0.4 is 10.9 Å². The normalized spacial score (nSPS) is 11.2. The van der Waals surface area contributed by atoms with Gasteiger partial charge in [-0.1, -0.05) is 24.3 Å². The minimum absolute atomic E-state index is 0.0890. The number of ether oxygens (including phenoxy) is 1. The Morgan fingerprint density at radius 2 is 1.90 bits per heavy atom. The Hall–Kier alpha value is -3.23. The van der Waals surface area contributed by atoms with Gasteiger partial charge in [-0.05, 0) is 31.2 Å². The number of amides is 1. The Bertz CT molecular complexity index is 1300. The number of hydrogen-bond donors (Lipinski definition) is 1. The van der Waals surface area contributed by atoms with E-state index in [1.807, 2.05) is 30.3 Å². The average molecular weight is 425 g/mol. The van der Waals surface area contributed by atoms with E-state index in [4.69, 9.17) is 4.74 Å². The van der Waals surface area contributed by atoms with Crippen LogP contribution in [0.5, 0.6) is 0 Å². The Morgan fingerprint density at radius 3 is 2.60 bits per heavy atom. The zero-order chi connectivity index (χ0) is 21.4. The third-order valence-electron chi connectivity index (χ3n) is 5.05. The maximum absolute atomic E-state index is 14.4. The number of fused-ring (bicyclic) bond motifs is 1. The smallest absolute Gasteiger partial charge is 0.295 e. The highest BCUT2D eigenvalue weighted by Crippen LogP contribution is 2.34. The topological polar surface area (TPSA) is 65.3 Å². The summed E-state index contributed by atoms with van der Waals surface area (Å²) in [6.45, 7) is 1.85. The standard InChI is InChI=1S/C22H20FN3O3S/c1-13-19(22(28)26(25(13)2)14-8-5-4-6-9-14)24-21(27)20-15(12-29-3)18-16(23)10-7-11-17(18)30-20/h4-11H,12H2,1-3H3,(H,24,27). The molecule has 0 spiro atoms. The van der Waals surface area contributed by atoms with Crippen LogP contribution in [0.15, 0.2) is 53.3 Å². The lowest BCUT2D eigenvalue weighted by Gasteiger charge is -2.07. The minimum atomic E-state index is -0.464. The molecule has 0 aliphatic rings. The van der Waals surface area contributed by atoms with Crippen LogP contribution in [0.25, 0.3) is 15.8 Å². The van der Waals surface area contributed by atoms with Gasteiger partial charge in [0, 0.05) is 29.8 Å². The summed E-state index contributed by atoms with van der Waals surface area (Å²) in [5.74, 6) is -0.870. The van der Waals surface area contributed by atoms with Crippen molar-refractivity contribution in [3.63, 3.8) is 0 Å². The Morgan fingerprint density at radius 1 is 1.17 bits per heavy atom. The van der Waals surface area contributed by atoms with E-state index in [2.05, 4.69) is 5.32 Å². The first-order valence-electron chi connectivity index (χ1n) is 9.28. The molecule has 0 bridgehead atoms. The first-order chi connectivity index (χ1) is 14.4. The van der Waals surface area contributed by atoms with E-state index >= 15 is 0 Å². The number of halogens is 1. The van der Waals surface area contributed by atoms with Crippen LogP contribution in [0.1, 0.15) is 20.9 Å². The Balaban J connectivity index is 1.78. The van der Waals surface area contributed by atoms with Crippen molar-refractivity contribution in [2.45, 2.75) is 13.5 Å². The van der Waals surface area contributed by atoms with Gasteiger partial charge in [0.1, 0.15) is 11.5 Å². The second-order valence-corrected chi connectivity index (χ2v) is 7.90. The van der Waals surface area contributed by atoms with Crippen molar-refractivity contribution in [1.29, 1.82) is 0 Å². The van der Waals surface area contributed by atoms with Crippen LogP contribution in [0, 0.1) is 12.7 Å². The average Bonchev–Trinajstić information content (AvgIpc) is 3.21. The highest BCUT2D eigenvalue weighted by Gasteiger charge is 2.24. The number of thiophene rings is 1. The molecule has 0 fully saturated rings. The summed E-state index contributed by atoms with van der Waals surface area (Å²) >= 11 is 1.18. The molecule has 30 heavy (non-hydrogen) atoms. The third kappa shape index (κ3) is 3.24. The van der Waals surface area contributed by atoms with Gasteiger partial charge in [0.15, 0.2) is 0 Å². The van der Waals surface area contributed by atoms with Gasteiger partial charge in [0.25, 0.3) is 11.5 Å². The van der Waals surface area contributed by atoms with Gasteiger partial charge in [-0.15, -0.1) is 11.3 Å². The van der Waals surface area contributed by atoms with E-state index in [1.165, 1.54) is 29.2 Å². The number of carbonyl (C=O) groups is 1. The van der Waals surface area contributed by atoms with Gasteiger partial charge in [-0.3, -0.25) is 14.3 Å². The first-order valence-corrected chi connectivity index (χ1v) is 10.1. The van der Waals surface area contributed by atoms with Crippen molar-refractivity contribution in [2.24, 2.45) is 7.05 Å². The number of nitrogens with one attached hydrogen (secondary N) is 1. The van der Waals surface area contributed by atoms with Gasteiger partial charge < -0.3 is 10.1 Å². The quantitative estimate of drug-likeness (QED) is 0.520. The number of anilines is 1. The summed E-state index contributed by atoms with van der Waals surface area (Å²) in [4.78, 5) is 26.5. The van der Waals surface area contributed by atoms with Gasteiger partial charge in [0.05, 0.1) is 22.9 Å². The lowest BCUT2D eigenvalue weighted by atomic mass is 10.1. The van der Waals surface area contributed by atoms with E-state index in [1.54, 1.807) is 30.8 Å². The molecule has 2 heterocycles. The van der Waals surface area contributed by atoms with Gasteiger partial charge in [-0.25, -0.2) is 9.07 Å². The fourth-order valence-electron chi connectivity index (χ4n) is 3.52. The lowest BCUT2D eigenvalue weighted by molar-refractivity contribution is 0.102. The number of rotatable bonds is 5. The molecule has 0 radical (unpaired) electrons. The maximum Gasteiger partial charge on any atom is 0.295 e. The van der Waals surface area contributed by atoms with E-state index < -0.39 is 11.7 Å². The third-order valence-corrected chi connectivity index (χ3v) is 6.25. The molecule has 0 saturated carbocycles. The van der Waals surface area contributed by atoms with Gasteiger partial charge in [0.2, 0.25) is 0 Å². The van der Waals surface area contributed by atoms with Gasteiger partial charge >= 0.3 is 0 Å². The van der Waals surface area contributed by atoms with Crippen molar-refractivity contribution >= 4 is 33.0 Å². The van der Waals surface area contributed by atoms with Crippen molar-refractivity contribution in [3.05, 3.63) is 80.8 Å². The molecule has 2 aromatic carbocycles. The number of benzene rings is 2. The van der Waals surface area contributed by atoms with Gasteiger partial charge in [-0.2, -0.15) is 0 Å². The summed E-state index contributed by atoms with van der Waals surface area (Å²) < 4.78 is 23.4. The summed E-state index contributed by atoms with van der Waals surface area (Å²) in [5.41, 5.74) is 1.63. The number of hydrogen-bond acceptors (Lipinski definition) is 4. The summed E-state index contributed by atoms with van der Waals surface area (Å²) in [7, 11) is 3.25. The number of carbonyl (C=O) groups excluding carboxylic acids is 1. The number of methoxy groups -OCH3 is 1. The number of para-hydroxylation sites is 1. The Kier molecular flexibility index (Phi) is 5.27. The molecule has 0 unspecified atom stereocenters. The predicted octanol–water partition coefficient (Wildman–Crippen LogP) is 4.24. The summed E-state index contributed by atoms with van der Waals surface area (Å²) in [6, 6.07) is 13.9. The molecule has 4 rings (SSSR count). The molecule has 1 amide bonds. The number of aromatic nitrogens is 2. The molecule has 0 aliphatic heterocycles. The predicted molar refractivity (Wildman–Crippen MR) is 116 cm³/mol. The van der Waals surface area contributed by atoms with Crippen LogP contribution in [-0.2, 0) is 18.4 Å². The van der Waals surface area contributed by atoms with Crippen LogP contribution >= 0.6 is 11.3 Å². The fourth-order valence-corrected chi connectivity index (χ4v) is 4.63. The van der Waals surface area contributed by atoms with E-state index in [-0.39, 0.29) is 17.9 Å². The Labute approximate surface area is 176 Å². The first kappa shape index (κ1) is 20.1. The summed E-state index contributed by atoms with van der Waals surface area (Å²) in [5, 5.41) is 3.12. The van der Waals surface area contributed by atoms with Crippen LogP contribution in [0.4, 0.5) is 10.1 Å². The minimum Gasteiger partial charge on any atom is -0.380 e.